The fourth-order valence-corrected chi connectivity index (χ4v) is 2.58. The van der Waals surface area contributed by atoms with Crippen molar-refractivity contribution in [3.8, 4) is 17.2 Å². The first-order chi connectivity index (χ1) is 10.1. The van der Waals surface area contributed by atoms with E-state index in [1.54, 1.807) is 26.2 Å². The van der Waals surface area contributed by atoms with Crippen molar-refractivity contribution >= 4 is 5.91 Å². The number of amides is 1. The molecule has 116 valence electrons. The van der Waals surface area contributed by atoms with Crippen LogP contribution >= 0.6 is 0 Å². The van der Waals surface area contributed by atoms with Crippen LogP contribution in [0.3, 0.4) is 0 Å². The first-order valence-corrected chi connectivity index (χ1v) is 6.80. The van der Waals surface area contributed by atoms with Crippen LogP contribution in [0, 0.1) is 5.92 Å². The second kappa shape index (κ2) is 6.67. The molecule has 1 heterocycles. The van der Waals surface area contributed by atoms with E-state index >= 15 is 0 Å². The third-order valence-electron chi connectivity index (χ3n) is 3.65. The molecule has 1 aromatic rings. The molecule has 2 rings (SSSR count). The molecule has 1 aliphatic heterocycles. The molecule has 6 nitrogen and oxygen atoms in total. The Labute approximate surface area is 124 Å². The third-order valence-corrected chi connectivity index (χ3v) is 3.65. The van der Waals surface area contributed by atoms with Gasteiger partial charge in [0.05, 0.1) is 21.3 Å². The van der Waals surface area contributed by atoms with Gasteiger partial charge >= 0.3 is 0 Å². The second-order valence-electron chi connectivity index (χ2n) is 5.06. The summed E-state index contributed by atoms with van der Waals surface area (Å²) in [5.41, 5.74) is 0.899. The lowest BCUT2D eigenvalue weighted by Crippen LogP contribution is -2.25. The summed E-state index contributed by atoms with van der Waals surface area (Å²) in [6.07, 6.45) is 0.404. The monoisotopic (exact) mass is 295 g/mol. The topological polar surface area (TPSA) is 68.2 Å². The Hall–Kier alpha value is -1.95. The molecule has 21 heavy (non-hydrogen) atoms. The van der Waals surface area contributed by atoms with Crippen molar-refractivity contribution in [2.24, 2.45) is 5.92 Å². The molecule has 1 fully saturated rings. The normalized spacial score (nSPS) is 18.0. The Kier molecular flexibility index (Phi) is 4.90. The van der Waals surface area contributed by atoms with E-state index in [1.807, 2.05) is 12.1 Å². The lowest BCUT2D eigenvalue weighted by Gasteiger charge is -2.19. The van der Waals surface area contributed by atoms with Crippen LogP contribution in [0.25, 0.3) is 0 Å². The molecule has 0 radical (unpaired) electrons. The van der Waals surface area contributed by atoms with Gasteiger partial charge in [0.25, 0.3) is 0 Å². The quantitative estimate of drug-likeness (QED) is 0.849. The van der Waals surface area contributed by atoms with Gasteiger partial charge in [-0.2, -0.15) is 0 Å². The molecule has 1 amide bonds. The number of aliphatic hydroxyl groups excluding tert-OH is 1. The Morgan fingerprint density at radius 2 is 1.81 bits per heavy atom. The molecule has 1 unspecified atom stereocenters. The molecule has 1 saturated heterocycles. The second-order valence-corrected chi connectivity index (χ2v) is 5.06. The number of rotatable bonds is 6. The molecule has 1 aromatic carbocycles. The van der Waals surface area contributed by atoms with Gasteiger partial charge in [-0.05, 0) is 17.7 Å². The summed E-state index contributed by atoms with van der Waals surface area (Å²) in [5.74, 6) is 1.75. The van der Waals surface area contributed by atoms with Crippen molar-refractivity contribution in [3.63, 3.8) is 0 Å². The lowest BCUT2D eigenvalue weighted by atomic mass is 10.1. The Morgan fingerprint density at radius 3 is 2.24 bits per heavy atom. The zero-order valence-corrected chi connectivity index (χ0v) is 12.6. The predicted octanol–water partition coefficient (Wildman–Crippen LogP) is 1.05. The van der Waals surface area contributed by atoms with Gasteiger partial charge in [0.2, 0.25) is 11.7 Å². The zero-order chi connectivity index (χ0) is 15.4. The smallest absolute Gasteiger partial charge is 0.223 e. The molecule has 0 saturated carbocycles. The van der Waals surface area contributed by atoms with Crippen LogP contribution in [0.1, 0.15) is 12.0 Å². The molecule has 0 aromatic heterocycles. The minimum Gasteiger partial charge on any atom is -0.493 e. The number of likely N-dealkylation sites (tertiary alicyclic amines) is 1. The number of methoxy groups -OCH3 is 3. The van der Waals surface area contributed by atoms with Crippen LogP contribution in [0.4, 0.5) is 0 Å². The van der Waals surface area contributed by atoms with Crippen molar-refractivity contribution in [1.82, 2.24) is 4.90 Å². The molecule has 1 atom stereocenters. The number of carbonyl (C=O) groups excluding carboxylic acids is 1. The van der Waals surface area contributed by atoms with E-state index in [0.29, 0.717) is 36.8 Å². The average Bonchev–Trinajstić information content (AvgIpc) is 2.86. The van der Waals surface area contributed by atoms with E-state index in [0.717, 1.165) is 5.56 Å². The summed E-state index contributed by atoms with van der Waals surface area (Å²) >= 11 is 0. The van der Waals surface area contributed by atoms with Crippen LogP contribution in [0.15, 0.2) is 12.1 Å². The van der Waals surface area contributed by atoms with Crippen molar-refractivity contribution < 1.29 is 24.1 Å². The SMILES string of the molecule is COc1cc(CN2CC(CO)CC2=O)cc(OC)c1OC. The minimum atomic E-state index is 0.0274. The maximum Gasteiger partial charge on any atom is 0.223 e. The summed E-state index contributed by atoms with van der Waals surface area (Å²) in [6.45, 7) is 1.08. The largest absolute Gasteiger partial charge is 0.493 e. The van der Waals surface area contributed by atoms with Gasteiger partial charge in [-0.15, -0.1) is 0 Å². The summed E-state index contributed by atoms with van der Waals surface area (Å²) in [7, 11) is 4.67. The number of benzene rings is 1. The summed E-state index contributed by atoms with van der Waals surface area (Å²) in [4.78, 5) is 13.6. The molecule has 1 aliphatic rings. The summed E-state index contributed by atoms with van der Waals surface area (Å²) in [5, 5.41) is 9.16. The predicted molar refractivity (Wildman–Crippen MR) is 76.7 cm³/mol. The molecule has 6 heteroatoms. The average molecular weight is 295 g/mol. The van der Waals surface area contributed by atoms with Crippen LogP contribution in [0.5, 0.6) is 17.2 Å². The van der Waals surface area contributed by atoms with Crippen LogP contribution in [0.2, 0.25) is 0 Å². The molecular weight excluding hydrogens is 274 g/mol. The number of hydrogen-bond acceptors (Lipinski definition) is 5. The fourth-order valence-electron chi connectivity index (χ4n) is 2.58. The number of hydrogen-bond donors (Lipinski definition) is 1. The van der Waals surface area contributed by atoms with Crippen molar-refractivity contribution in [2.45, 2.75) is 13.0 Å². The summed E-state index contributed by atoms with van der Waals surface area (Å²) in [6, 6.07) is 3.67. The number of nitrogens with zero attached hydrogens (tertiary/aromatic N) is 1. The summed E-state index contributed by atoms with van der Waals surface area (Å²) < 4.78 is 15.9. The van der Waals surface area contributed by atoms with Gasteiger partial charge in [-0.25, -0.2) is 0 Å². The highest BCUT2D eigenvalue weighted by Crippen LogP contribution is 2.38. The first kappa shape index (κ1) is 15.4. The highest BCUT2D eigenvalue weighted by Gasteiger charge is 2.29. The number of ether oxygens (including phenoxy) is 3. The van der Waals surface area contributed by atoms with E-state index in [-0.39, 0.29) is 18.4 Å². The van der Waals surface area contributed by atoms with Gasteiger partial charge in [-0.1, -0.05) is 0 Å². The molecule has 0 aliphatic carbocycles. The van der Waals surface area contributed by atoms with Crippen LogP contribution in [-0.4, -0.2) is 50.4 Å². The standard InChI is InChI=1S/C15H21NO5/c1-19-12-4-10(5-13(20-2)15(12)21-3)7-16-8-11(9-17)6-14(16)18/h4-5,11,17H,6-9H2,1-3H3. The highest BCUT2D eigenvalue weighted by molar-refractivity contribution is 5.78. The van der Waals surface area contributed by atoms with Gasteiger partial charge in [-0.3, -0.25) is 4.79 Å². The number of carbonyl (C=O) groups is 1. The van der Waals surface area contributed by atoms with Crippen molar-refractivity contribution in [1.29, 1.82) is 0 Å². The first-order valence-electron chi connectivity index (χ1n) is 6.80. The number of aliphatic hydroxyl groups is 1. The van der Waals surface area contributed by atoms with Gasteiger partial charge in [0.1, 0.15) is 0 Å². The van der Waals surface area contributed by atoms with E-state index in [9.17, 15) is 4.79 Å². The lowest BCUT2D eigenvalue weighted by molar-refractivity contribution is -0.128. The van der Waals surface area contributed by atoms with Crippen molar-refractivity contribution in [2.75, 3.05) is 34.5 Å². The Bertz CT molecular complexity index is 492. The van der Waals surface area contributed by atoms with E-state index in [1.165, 1.54) is 0 Å². The van der Waals surface area contributed by atoms with Crippen LogP contribution in [-0.2, 0) is 11.3 Å². The van der Waals surface area contributed by atoms with Gasteiger partial charge < -0.3 is 24.2 Å². The maximum absolute atomic E-state index is 11.9. The Morgan fingerprint density at radius 1 is 1.19 bits per heavy atom. The minimum absolute atomic E-state index is 0.0274. The van der Waals surface area contributed by atoms with Crippen LogP contribution < -0.4 is 14.2 Å². The van der Waals surface area contributed by atoms with E-state index in [4.69, 9.17) is 19.3 Å². The molecule has 0 bridgehead atoms. The fraction of sp³-hybridized carbons (Fsp3) is 0.533. The molecular formula is C15H21NO5. The van der Waals surface area contributed by atoms with E-state index in [2.05, 4.69) is 0 Å². The molecule has 0 spiro atoms. The van der Waals surface area contributed by atoms with Crippen molar-refractivity contribution in [3.05, 3.63) is 17.7 Å². The van der Waals surface area contributed by atoms with E-state index < -0.39 is 0 Å². The highest BCUT2D eigenvalue weighted by atomic mass is 16.5. The maximum atomic E-state index is 11.9. The third kappa shape index (κ3) is 3.21. The van der Waals surface area contributed by atoms with Gasteiger partial charge in [0, 0.05) is 32.0 Å². The zero-order valence-electron chi connectivity index (χ0n) is 12.6. The van der Waals surface area contributed by atoms with Gasteiger partial charge in [0.15, 0.2) is 11.5 Å². The Balaban J connectivity index is 2.22. The molecule has 1 N–H and O–H groups in total.